The minimum atomic E-state index is -1.62. The summed E-state index contributed by atoms with van der Waals surface area (Å²) in [5.74, 6) is -1.37. The maximum absolute atomic E-state index is 11.7. The van der Waals surface area contributed by atoms with Gasteiger partial charge in [0.1, 0.15) is 5.60 Å². The van der Waals surface area contributed by atoms with E-state index < -0.39 is 35.3 Å². The molecule has 0 bridgehead atoms. The molecule has 0 aliphatic carbocycles. The Morgan fingerprint density at radius 1 is 1.56 bits per heavy atom. The van der Waals surface area contributed by atoms with Crippen LogP contribution in [0.2, 0.25) is 0 Å². The molecule has 0 radical (unpaired) electrons. The number of amides is 1. The predicted octanol–water partition coefficient (Wildman–Crippen LogP) is -0.0174. The zero-order chi connectivity index (χ0) is 14.1. The van der Waals surface area contributed by atoms with Gasteiger partial charge in [-0.05, 0) is 34.6 Å². The van der Waals surface area contributed by atoms with Crippen molar-refractivity contribution in [2.45, 2.75) is 58.0 Å². The van der Waals surface area contributed by atoms with Gasteiger partial charge in [0, 0.05) is 6.54 Å². The summed E-state index contributed by atoms with van der Waals surface area (Å²) in [6.45, 7) is 8.92. The molecule has 2 N–H and O–H groups in total. The normalized spacial score (nSPS) is 25.2. The zero-order valence-electron chi connectivity index (χ0n) is 11.4. The fourth-order valence-corrected chi connectivity index (χ4v) is 1.53. The van der Waals surface area contributed by atoms with Crippen molar-refractivity contribution in [1.29, 1.82) is 0 Å². The first-order chi connectivity index (χ1) is 8.02. The van der Waals surface area contributed by atoms with Crippen LogP contribution in [0, 0.1) is 0 Å². The number of rotatable bonds is 2. The van der Waals surface area contributed by atoms with Gasteiger partial charge in [-0.3, -0.25) is 4.79 Å². The predicted molar refractivity (Wildman–Crippen MR) is 63.8 cm³/mol. The van der Waals surface area contributed by atoms with E-state index >= 15 is 0 Å². The molecule has 1 aliphatic rings. The highest BCUT2D eigenvalue weighted by Gasteiger charge is 2.42. The van der Waals surface area contributed by atoms with Crippen LogP contribution >= 0.6 is 0 Å². The highest BCUT2D eigenvalue weighted by atomic mass is 16.6. The van der Waals surface area contributed by atoms with Gasteiger partial charge in [0.25, 0.3) is 5.91 Å². The van der Waals surface area contributed by atoms with Gasteiger partial charge < -0.3 is 19.9 Å². The summed E-state index contributed by atoms with van der Waals surface area (Å²) in [5, 5.41) is 12.4. The van der Waals surface area contributed by atoms with Crippen LogP contribution in [0.15, 0.2) is 0 Å². The number of hydrogen-bond acceptors (Lipinski definition) is 5. The maximum atomic E-state index is 11.7. The van der Waals surface area contributed by atoms with E-state index in [0.29, 0.717) is 6.54 Å². The van der Waals surface area contributed by atoms with E-state index in [0.717, 1.165) is 0 Å². The molecule has 6 nitrogen and oxygen atoms in total. The number of carbonyl (C=O) groups excluding carboxylic acids is 2. The highest BCUT2D eigenvalue weighted by Crippen LogP contribution is 2.20. The third-order valence-electron chi connectivity index (χ3n) is 2.33. The second kappa shape index (κ2) is 4.85. The SMILES string of the molecule is CC(C)(C)OC(=O)[C@H](O)[C@H]1OC(C)(C)CNC1=O. The van der Waals surface area contributed by atoms with E-state index in [2.05, 4.69) is 5.32 Å². The number of hydrogen-bond donors (Lipinski definition) is 2. The van der Waals surface area contributed by atoms with Gasteiger partial charge in [0.05, 0.1) is 5.60 Å². The van der Waals surface area contributed by atoms with E-state index in [1.54, 1.807) is 34.6 Å². The van der Waals surface area contributed by atoms with E-state index in [-0.39, 0.29) is 0 Å². The molecule has 1 saturated heterocycles. The van der Waals surface area contributed by atoms with E-state index in [9.17, 15) is 14.7 Å². The lowest BCUT2D eigenvalue weighted by Crippen LogP contribution is -2.59. The molecule has 0 aromatic carbocycles. The third kappa shape index (κ3) is 3.96. The van der Waals surface area contributed by atoms with Crippen LogP contribution in [0.5, 0.6) is 0 Å². The summed E-state index contributed by atoms with van der Waals surface area (Å²) in [6.07, 6.45) is -2.85. The molecule has 18 heavy (non-hydrogen) atoms. The van der Waals surface area contributed by atoms with Crippen molar-refractivity contribution in [1.82, 2.24) is 5.32 Å². The Hall–Kier alpha value is -1.14. The number of aliphatic hydroxyl groups is 1. The Labute approximate surface area is 107 Å². The number of carbonyl (C=O) groups is 2. The van der Waals surface area contributed by atoms with Crippen LogP contribution in [0.3, 0.4) is 0 Å². The van der Waals surface area contributed by atoms with Crippen molar-refractivity contribution in [3.05, 3.63) is 0 Å². The summed E-state index contributed by atoms with van der Waals surface area (Å²) in [4.78, 5) is 23.3. The molecule has 6 heteroatoms. The molecular formula is C12H21NO5. The van der Waals surface area contributed by atoms with Crippen LogP contribution in [-0.2, 0) is 19.1 Å². The van der Waals surface area contributed by atoms with Gasteiger partial charge >= 0.3 is 5.97 Å². The Morgan fingerprint density at radius 3 is 2.61 bits per heavy atom. The quantitative estimate of drug-likeness (QED) is 0.681. The van der Waals surface area contributed by atoms with Crippen LogP contribution in [0.25, 0.3) is 0 Å². The van der Waals surface area contributed by atoms with Crippen molar-refractivity contribution >= 4 is 11.9 Å². The average Bonchev–Trinajstić information content (AvgIpc) is 2.18. The summed E-state index contributed by atoms with van der Waals surface area (Å²) < 4.78 is 10.4. The van der Waals surface area contributed by atoms with E-state index in [4.69, 9.17) is 9.47 Å². The van der Waals surface area contributed by atoms with Crippen LogP contribution in [0.4, 0.5) is 0 Å². The van der Waals surface area contributed by atoms with Crippen molar-refractivity contribution in [2.75, 3.05) is 6.54 Å². The second-order valence-corrected chi connectivity index (χ2v) is 5.99. The maximum Gasteiger partial charge on any atom is 0.338 e. The summed E-state index contributed by atoms with van der Waals surface area (Å²) in [6, 6.07) is 0. The Bertz CT molecular complexity index is 345. The second-order valence-electron chi connectivity index (χ2n) is 5.99. The minimum Gasteiger partial charge on any atom is -0.458 e. The molecule has 2 atom stereocenters. The van der Waals surface area contributed by atoms with Crippen LogP contribution in [-0.4, -0.2) is 46.9 Å². The average molecular weight is 259 g/mol. The standard InChI is InChI=1S/C12H21NO5/c1-11(2,3)18-10(16)7(14)8-9(15)13-6-12(4,5)17-8/h7-8,14H,6H2,1-5H3,(H,13,15)/t7-,8-/m1/s1. The lowest BCUT2D eigenvalue weighted by atomic mass is 10.0. The fourth-order valence-electron chi connectivity index (χ4n) is 1.53. The van der Waals surface area contributed by atoms with Crippen LogP contribution in [0.1, 0.15) is 34.6 Å². The molecule has 1 aliphatic heterocycles. The fraction of sp³-hybridized carbons (Fsp3) is 0.833. The van der Waals surface area contributed by atoms with Crippen molar-refractivity contribution in [2.24, 2.45) is 0 Å². The van der Waals surface area contributed by atoms with Crippen molar-refractivity contribution in [3.8, 4) is 0 Å². The zero-order valence-corrected chi connectivity index (χ0v) is 11.4. The first-order valence-electron chi connectivity index (χ1n) is 5.88. The van der Waals surface area contributed by atoms with Gasteiger partial charge in [-0.2, -0.15) is 0 Å². The van der Waals surface area contributed by atoms with Crippen LogP contribution < -0.4 is 5.32 Å². The number of ether oxygens (including phenoxy) is 2. The summed E-state index contributed by atoms with van der Waals surface area (Å²) in [5.41, 5.74) is -1.35. The molecule has 0 spiro atoms. The number of aliphatic hydroxyl groups excluding tert-OH is 1. The Balaban J connectivity index is 2.73. The molecule has 1 rings (SSSR count). The number of esters is 1. The molecule has 0 aromatic heterocycles. The van der Waals surface area contributed by atoms with Gasteiger partial charge in [-0.1, -0.05) is 0 Å². The molecule has 1 heterocycles. The topological polar surface area (TPSA) is 84.9 Å². The summed E-state index contributed by atoms with van der Waals surface area (Å²) in [7, 11) is 0. The van der Waals surface area contributed by atoms with Gasteiger partial charge in [0.15, 0.2) is 12.2 Å². The smallest absolute Gasteiger partial charge is 0.338 e. The first kappa shape index (κ1) is 14.9. The third-order valence-corrected chi connectivity index (χ3v) is 2.33. The summed E-state index contributed by atoms with van der Waals surface area (Å²) >= 11 is 0. The molecule has 0 unspecified atom stereocenters. The molecule has 1 fully saturated rings. The Kier molecular flexibility index (Phi) is 4.02. The largest absolute Gasteiger partial charge is 0.458 e. The molecule has 104 valence electrons. The first-order valence-corrected chi connectivity index (χ1v) is 5.88. The number of nitrogens with one attached hydrogen (secondary N) is 1. The van der Waals surface area contributed by atoms with Gasteiger partial charge in [-0.25, -0.2) is 4.79 Å². The molecule has 0 saturated carbocycles. The van der Waals surface area contributed by atoms with Crippen molar-refractivity contribution < 1.29 is 24.2 Å². The van der Waals surface area contributed by atoms with Gasteiger partial charge in [0.2, 0.25) is 0 Å². The van der Waals surface area contributed by atoms with E-state index in [1.165, 1.54) is 0 Å². The van der Waals surface area contributed by atoms with Gasteiger partial charge in [-0.15, -0.1) is 0 Å². The monoisotopic (exact) mass is 259 g/mol. The lowest BCUT2D eigenvalue weighted by molar-refractivity contribution is -0.191. The lowest BCUT2D eigenvalue weighted by Gasteiger charge is -2.37. The Morgan fingerprint density at radius 2 is 2.11 bits per heavy atom. The molecule has 1 amide bonds. The van der Waals surface area contributed by atoms with Crippen molar-refractivity contribution in [3.63, 3.8) is 0 Å². The number of morpholine rings is 1. The molecular weight excluding hydrogens is 238 g/mol. The highest BCUT2D eigenvalue weighted by molar-refractivity contribution is 5.89. The minimum absolute atomic E-state index is 0.337. The molecule has 0 aromatic rings. The van der Waals surface area contributed by atoms with E-state index in [1.807, 2.05) is 0 Å².